The number of carbonyl (C=O) groups excluding carboxylic acids is 1. The summed E-state index contributed by atoms with van der Waals surface area (Å²) in [7, 11) is 0. The molecule has 0 spiro atoms. The molecule has 1 amide bonds. The summed E-state index contributed by atoms with van der Waals surface area (Å²) in [5.74, 6) is 0.0458. The van der Waals surface area contributed by atoms with E-state index >= 15 is 0 Å². The third kappa shape index (κ3) is 3.42. The summed E-state index contributed by atoms with van der Waals surface area (Å²) in [6, 6.07) is 16.6. The Labute approximate surface area is 151 Å². The Morgan fingerprint density at radius 2 is 1.96 bits per heavy atom. The summed E-state index contributed by atoms with van der Waals surface area (Å²) in [5, 5.41) is 4.72. The van der Waals surface area contributed by atoms with E-state index in [2.05, 4.69) is 15.3 Å². The Hall–Kier alpha value is -2.64. The fourth-order valence-corrected chi connectivity index (χ4v) is 4.15. The largest absolute Gasteiger partial charge is 0.333 e. The molecule has 0 saturated carbocycles. The zero-order valence-electron chi connectivity index (χ0n) is 13.0. The second kappa shape index (κ2) is 6.70. The fraction of sp³-hybridized carbons (Fsp3) is 0.0556. The van der Waals surface area contributed by atoms with Crippen LogP contribution < -0.4 is 10.7 Å². The zero-order valence-corrected chi connectivity index (χ0v) is 14.6. The van der Waals surface area contributed by atoms with Gasteiger partial charge in [-0.1, -0.05) is 36.0 Å². The molecule has 2 aromatic heterocycles. The Bertz CT molecular complexity index is 1100. The molecule has 0 aliphatic rings. The van der Waals surface area contributed by atoms with Crippen LogP contribution >= 0.6 is 23.1 Å². The zero-order chi connectivity index (χ0) is 17.2. The van der Waals surface area contributed by atoms with E-state index in [9.17, 15) is 9.59 Å². The van der Waals surface area contributed by atoms with Gasteiger partial charge in [-0.25, -0.2) is 4.98 Å². The Morgan fingerprint density at radius 3 is 2.84 bits per heavy atom. The van der Waals surface area contributed by atoms with Crippen LogP contribution in [0.2, 0.25) is 0 Å². The van der Waals surface area contributed by atoms with Crippen molar-refractivity contribution in [2.75, 3.05) is 11.1 Å². The van der Waals surface area contributed by atoms with E-state index in [1.807, 2.05) is 42.5 Å². The topological polar surface area (TPSA) is 74.8 Å². The van der Waals surface area contributed by atoms with Crippen LogP contribution in [0.1, 0.15) is 0 Å². The van der Waals surface area contributed by atoms with E-state index in [0.29, 0.717) is 15.5 Å². The molecule has 7 heteroatoms. The van der Waals surface area contributed by atoms with Crippen molar-refractivity contribution in [1.29, 1.82) is 0 Å². The number of aromatic amines is 1. The minimum absolute atomic E-state index is 0.0883. The third-order valence-electron chi connectivity index (χ3n) is 3.60. The van der Waals surface area contributed by atoms with Crippen LogP contribution in [-0.4, -0.2) is 21.6 Å². The average Bonchev–Trinajstić information content (AvgIpc) is 3.03. The van der Waals surface area contributed by atoms with Gasteiger partial charge in [-0.05, 0) is 24.3 Å². The van der Waals surface area contributed by atoms with Gasteiger partial charge in [0.15, 0.2) is 10.6 Å². The number of anilines is 1. The second-order valence-electron chi connectivity index (χ2n) is 5.37. The number of benzene rings is 2. The Kier molecular flexibility index (Phi) is 4.25. The number of nitrogens with zero attached hydrogens (tertiary/aromatic N) is 1. The molecule has 2 N–H and O–H groups in total. The van der Waals surface area contributed by atoms with Gasteiger partial charge in [0.2, 0.25) is 5.91 Å². The van der Waals surface area contributed by atoms with Crippen LogP contribution in [0.4, 0.5) is 5.00 Å². The van der Waals surface area contributed by atoms with Crippen LogP contribution in [-0.2, 0) is 4.79 Å². The first-order valence-corrected chi connectivity index (χ1v) is 9.39. The van der Waals surface area contributed by atoms with E-state index in [1.165, 1.54) is 29.2 Å². The van der Waals surface area contributed by atoms with Crippen LogP contribution in [0.5, 0.6) is 0 Å². The summed E-state index contributed by atoms with van der Waals surface area (Å²) in [5.41, 5.74) is 1.73. The van der Waals surface area contributed by atoms with Crippen molar-refractivity contribution in [1.82, 2.24) is 9.97 Å². The molecule has 2 aromatic carbocycles. The smallest absolute Gasteiger partial charge is 0.235 e. The van der Waals surface area contributed by atoms with Crippen LogP contribution in [0.25, 0.3) is 21.1 Å². The molecule has 0 aliphatic heterocycles. The van der Waals surface area contributed by atoms with Crippen molar-refractivity contribution in [3.05, 3.63) is 64.8 Å². The highest BCUT2D eigenvalue weighted by Crippen LogP contribution is 2.23. The lowest BCUT2D eigenvalue weighted by molar-refractivity contribution is -0.113. The first-order chi connectivity index (χ1) is 12.2. The molecule has 0 fully saturated rings. The van der Waals surface area contributed by atoms with E-state index in [1.54, 1.807) is 6.07 Å². The summed E-state index contributed by atoms with van der Waals surface area (Å²) in [4.78, 5) is 31.9. The lowest BCUT2D eigenvalue weighted by Crippen LogP contribution is -2.15. The van der Waals surface area contributed by atoms with Gasteiger partial charge in [-0.15, -0.1) is 11.3 Å². The SMILES string of the molecule is O=C(CSc1nc2ccccc2[nH]1)Nc1cc(=O)c2ccccc2s1. The average molecular weight is 367 g/mol. The minimum Gasteiger partial charge on any atom is -0.333 e. The van der Waals surface area contributed by atoms with E-state index in [0.717, 1.165) is 15.7 Å². The van der Waals surface area contributed by atoms with Crippen molar-refractivity contribution in [2.45, 2.75) is 5.16 Å². The highest BCUT2D eigenvalue weighted by Gasteiger charge is 2.09. The number of aromatic nitrogens is 2. The Morgan fingerprint density at radius 1 is 1.16 bits per heavy atom. The number of hydrogen-bond donors (Lipinski definition) is 2. The molecule has 124 valence electrons. The lowest BCUT2D eigenvalue weighted by Gasteiger charge is -2.04. The first kappa shape index (κ1) is 15.9. The number of thioether (sulfide) groups is 1. The van der Waals surface area contributed by atoms with Crippen molar-refractivity contribution < 1.29 is 4.79 Å². The van der Waals surface area contributed by atoms with Crippen molar-refractivity contribution in [2.24, 2.45) is 0 Å². The number of fused-ring (bicyclic) bond motifs is 2. The van der Waals surface area contributed by atoms with Crippen molar-refractivity contribution in [3.8, 4) is 0 Å². The number of hydrogen-bond acceptors (Lipinski definition) is 5. The van der Waals surface area contributed by atoms with Crippen LogP contribution in [0.15, 0.2) is 64.5 Å². The van der Waals surface area contributed by atoms with Gasteiger partial charge in [0.05, 0.1) is 21.8 Å². The highest BCUT2D eigenvalue weighted by atomic mass is 32.2. The molecule has 0 bridgehead atoms. The standard InChI is InChI=1S/C18H13N3O2S2/c22-14-9-17(25-15-8-4-1-5-11(14)15)21-16(23)10-24-18-19-12-6-2-3-7-13(12)20-18/h1-9H,10H2,(H,19,20)(H,21,23). The number of nitrogens with one attached hydrogen (secondary N) is 2. The second-order valence-corrected chi connectivity index (χ2v) is 7.41. The third-order valence-corrected chi connectivity index (χ3v) is 5.49. The van der Waals surface area contributed by atoms with E-state index in [4.69, 9.17) is 0 Å². The number of carbonyl (C=O) groups is 1. The Balaban J connectivity index is 1.46. The van der Waals surface area contributed by atoms with E-state index < -0.39 is 0 Å². The molecule has 5 nitrogen and oxygen atoms in total. The van der Waals surface area contributed by atoms with Crippen LogP contribution in [0, 0.1) is 0 Å². The van der Waals surface area contributed by atoms with Gasteiger partial charge in [-0.2, -0.15) is 0 Å². The van der Waals surface area contributed by atoms with Gasteiger partial charge >= 0.3 is 0 Å². The molecule has 0 radical (unpaired) electrons. The number of amides is 1. The molecule has 4 rings (SSSR count). The van der Waals surface area contributed by atoms with Gasteiger partial charge < -0.3 is 10.3 Å². The van der Waals surface area contributed by atoms with Gasteiger partial charge in [0, 0.05) is 16.2 Å². The van der Waals surface area contributed by atoms with Crippen molar-refractivity contribution in [3.63, 3.8) is 0 Å². The van der Waals surface area contributed by atoms with Gasteiger partial charge in [-0.3, -0.25) is 9.59 Å². The molecule has 0 atom stereocenters. The quantitative estimate of drug-likeness (QED) is 0.537. The molecular formula is C18H13N3O2S2. The van der Waals surface area contributed by atoms with Gasteiger partial charge in [0.25, 0.3) is 0 Å². The number of rotatable bonds is 4. The number of H-pyrrole nitrogens is 1. The molecule has 4 aromatic rings. The minimum atomic E-state index is -0.170. The summed E-state index contributed by atoms with van der Waals surface area (Å²) in [6.07, 6.45) is 0. The molecule has 25 heavy (non-hydrogen) atoms. The summed E-state index contributed by atoms with van der Waals surface area (Å²) >= 11 is 2.72. The lowest BCUT2D eigenvalue weighted by atomic mass is 10.2. The highest BCUT2D eigenvalue weighted by molar-refractivity contribution is 7.99. The molecule has 0 saturated heterocycles. The normalized spacial score (nSPS) is 11.0. The van der Waals surface area contributed by atoms with Gasteiger partial charge in [0.1, 0.15) is 0 Å². The maximum atomic E-state index is 12.2. The van der Waals surface area contributed by atoms with E-state index in [-0.39, 0.29) is 17.1 Å². The number of para-hydroxylation sites is 2. The molecular weight excluding hydrogens is 354 g/mol. The summed E-state index contributed by atoms with van der Waals surface area (Å²) < 4.78 is 0.857. The predicted molar refractivity (Wildman–Crippen MR) is 104 cm³/mol. The van der Waals surface area contributed by atoms with Crippen molar-refractivity contribution >= 4 is 55.1 Å². The maximum Gasteiger partial charge on any atom is 0.235 e. The van der Waals surface area contributed by atoms with Crippen LogP contribution in [0.3, 0.4) is 0 Å². The molecule has 0 aliphatic carbocycles. The molecule has 0 unspecified atom stereocenters. The molecule has 2 heterocycles. The summed E-state index contributed by atoms with van der Waals surface area (Å²) in [6.45, 7) is 0. The first-order valence-electron chi connectivity index (χ1n) is 7.59. The number of imidazole rings is 1. The predicted octanol–water partition coefficient (Wildman–Crippen LogP) is 3.87. The monoisotopic (exact) mass is 367 g/mol. The maximum absolute atomic E-state index is 12.2. The fourth-order valence-electron chi connectivity index (χ4n) is 2.47.